The van der Waals surface area contributed by atoms with Gasteiger partial charge in [0.1, 0.15) is 5.75 Å². The molecule has 2 aromatic rings. The van der Waals surface area contributed by atoms with E-state index in [2.05, 4.69) is 6.92 Å². The maximum atomic E-state index is 11.4. The second-order valence-corrected chi connectivity index (χ2v) is 5.26. The van der Waals surface area contributed by atoms with Gasteiger partial charge in [0.2, 0.25) is 0 Å². The lowest BCUT2D eigenvalue weighted by Crippen LogP contribution is -2.02. The second kappa shape index (κ2) is 8.23. The van der Waals surface area contributed by atoms with Crippen LogP contribution in [-0.2, 0) is 0 Å². The minimum atomic E-state index is -0.923. The smallest absolute Gasteiger partial charge is 0.336 e. The van der Waals surface area contributed by atoms with E-state index in [-0.39, 0.29) is 0 Å². The minimum Gasteiger partial charge on any atom is -0.493 e. The van der Waals surface area contributed by atoms with Gasteiger partial charge in [0.05, 0.1) is 12.2 Å². The fourth-order valence-electron chi connectivity index (χ4n) is 2.43. The third-order valence-corrected chi connectivity index (χ3v) is 3.59. The van der Waals surface area contributed by atoms with Gasteiger partial charge < -0.3 is 9.84 Å². The number of ether oxygens (including phenoxy) is 1. The molecule has 0 aromatic heterocycles. The van der Waals surface area contributed by atoms with Crippen LogP contribution in [0, 0.1) is 0 Å². The van der Waals surface area contributed by atoms with Crippen LogP contribution in [0.25, 0.3) is 11.1 Å². The molecule has 2 rings (SSSR count). The molecule has 1 N–H and O–H groups in total. The van der Waals surface area contributed by atoms with Gasteiger partial charge in [-0.15, -0.1) is 0 Å². The molecule has 0 radical (unpaired) electrons. The number of benzene rings is 2. The molecule has 0 atom stereocenters. The Morgan fingerprint density at radius 3 is 2.36 bits per heavy atom. The van der Waals surface area contributed by atoms with E-state index < -0.39 is 5.97 Å². The van der Waals surface area contributed by atoms with Crippen LogP contribution in [-0.4, -0.2) is 17.7 Å². The molecule has 3 heteroatoms. The summed E-state index contributed by atoms with van der Waals surface area (Å²) >= 11 is 0. The summed E-state index contributed by atoms with van der Waals surface area (Å²) in [5, 5.41) is 9.35. The summed E-state index contributed by atoms with van der Waals surface area (Å²) in [5.41, 5.74) is 1.82. The Bertz CT molecular complexity index is 620. The highest BCUT2D eigenvalue weighted by atomic mass is 16.5. The van der Waals surface area contributed by atoms with Gasteiger partial charge >= 0.3 is 5.97 Å². The zero-order valence-corrected chi connectivity index (χ0v) is 12.9. The second-order valence-electron chi connectivity index (χ2n) is 5.26. The lowest BCUT2D eigenvalue weighted by atomic mass is 9.99. The van der Waals surface area contributed by atoms with Gasteiger partial charge in [-0.1, -0.05) is 62.6 Å². The molecule has 0 aliphatic rings. The zero-order chi connectivity index (χ0) is 15.8. The van der Waals surface area contributed by atoms with Crippen LogP contribution in [0.1, 0.15) is 43.0 Å². The number of aromatic carboxylic acids is 1. The molecular formula is C19H22O3. The average Bonchev–Trinajstić information content (AvgIpc) is 2.55. The SMILES string of the molecule is CCCCCCOc1ccccc1-c1ccccc1C(=O)O. The van der Waals surface area contributed by atoms with E-state index in [1.54, 1.807) is 12.1 Å². The Kier molecular flexibility index (Phi) is 6.01. The fraction of sp³-hybridized carbons (Fsp3) is 0.316. The maximum absolute atomic E-state index is 11.4. The average molecular weight is 298 g/mol. The van der Waals surface area contributed by atoms with E-state index in [4.69, 9.17) is 4.74 Å². The molecule has 22 heavy (non-hydrogen) atoms. The molecule has 3 nitrogen and oxygen atoms in total. The Balaban J connectivity index is 2.20. The molecular weight excluding hydrogens is 276 g/mol. The standard InChI is InChI=1S/C19H22O3/c1-2-3-4-9-14-22-18-13-8-7-11-16(18)15-10-5-6-12-17(15)19(20)21/h5-8,10-13H,2-4,9,14H2,1H3,(H,20,21). The molecule has 0 heterocycles. The lowest BCUT2D eigenvalue weighted by molar-refractivity contribution is 0.0697. The highest BCUT2D eigenvalue weighted by Crippen LogP contribution is 2.32. The first-order chi connectivity index (χ1) is 10.7. The van der Waals surface area contributed by atoms with E-state index >= 15 is 0 Å². The first kappa shape index (κ1) is 16.1. The fourth-order valence-corrected chi connectivity index (χ4v) is 2.43. The Hall–Kier alpha value is -2.29. The summed E-state index contributed by atoms with van der Waals surface area (Å²) in [5.74, 6) is -0.180. The molecule has 0 spiro atoms. The number of carboxylic acid groups (broad SMARTS) is 1. The van der Waals surface area contributed by atoms with Gasteiger partial charge in [-0.3, -0.25) is 0 Å². The third kappa shape index (κ3) is 4.10. The monoisotopic (exact) mass is 298 g/mol. The van der Waals surface area contributed by atoms with E-state index in [0.717, 1.165) is 24.2 Å². The van der Waals surface area contributed by atoms with Crippen molar-refractivity contribution in [2.24, 2.45) is 0 Å². The summed E-state index contributed by atoms with van der Waals surface area (Å²) < 4.78 is 5.88. The molecule has 0 unspecified atom stereocenters. The molecule has 116 valence electrons. The van der Waals surface area contributed by atoms with Crippen LogP contribution in [0.15, 0.2) is 48.5 Å². The molecule has 0 aliphatic carbocycles. The van der Waals surface area contributed by atoms with Crippen LogP contribution < -0.4 is 4.74 Å². The van der Waals surface area contributed by atoms with E-state index in [1.807, 2.05) is 36.4 Å². The summed E-state index contributed by atoms with van der Waals surface area (Å²) in [4.78, 5) is 11.4. The van der Waals surface area contributed by atoms with Gasteiger partial charge in [-0.25, -0.2) is 4.79 Å². The molecule has 2 aromatic carbocycles. The Morgan fingerprint density at radius 2 is 1.64 bits per heavy atom. The highest BCUT2D eigenvalue weighted by Gasteiger charge is 2.14. The molecule has 0 saturated heterocycles. The van der Waals surface area contributed by atoms with Crippen LogP contribution in [0.5, 0.6) is 5.75 Å². The van der Waals surface area contributed by atoms with E-state index in [1.165, 1.54) is 12.8 Å². The summed E-state index contributed by atoms with van der Waals surface area (Å²) in [6, 6.07) is 14.6. The van der Waals surface area contributed by atoms with Gasteiger partial charge in [0.25, 0.3) is 0 Å². The first-order valence-corrected chi connectivity index (χ1v) is 7.78. The van der Waals surface area contributed by atoms with Crippen molar-refractivity contribution < 1.29 is 14.6 Å². The number of carboxylic acids is 1. The Morgan fingerprint density at radius 1 is 0.955 bits per heavy atom. The van der Waals surface area contributed by atoms with Crippen LogP contribution in [0.4, 0.5) is 0 Å². The molecule has 0 fully saturated rings. The van der Waals surface area contributed by atoms with Crippen LogP contribution in [0.3, 0.4) is 0 Å². The quantitative estimate of drug-likeness (QED) is 0.697. The lowest BCUT2D eigenvalue weighted by Gasteiger charge is -2.13. The maximum Gasteiger partial charge on any atom is 0.336 e. The van der Waals surface area contributed by atoms with E-state index in [0.29, 0.717) is 17.7 Å². The van der Waals surface area contributed by atoms with Crippen LogP contribution in [0.2, 0.25) is 0 Å². The summed E-state index contributed by atoms with van der Waals surface area (Å²) in [6.45, 7) is 2.84. The van der Waals surface area contributed by atoms with Gasteiger partial charge in [-0.05, 0) is 24.1 Å². The third-order valence-electron chi connectivity index (χ3n) is 3.59. The van der Waals surface area contributed by atoms with Crippen molar-refractivity contribution in [3.8, 4) is 16.9 Å². The molecule has 0 amide bonds. The predicted octanol–water partition coefficient (Wildman–Crippen LogP) is 5.01. The van der Waals surface area contributed by atoms with Crippen molar-refractivity contribution in [3.63, 3.8) is 0 Å². The summed E-state index contributed by atoms with van der Waals surface area (Å²) in [6.07, 6.45) is 4.59. The first-order valence-electron chi connectivity index (χ1n) is 7.78. The number of rotatable bonds is 8. The molecule has 0 saturated carbocycles. The molecule has 0 bridgehead atoms. The van der Waals surface area contributed by atoms with Gasteiger partial charge in [0, 0.05) is 5.56 Å². The van der Waals surface area contributed by atoms with Crippen molar-refractivity contribution in [2.45, 2.75) is 32.6 Å². The number of para-hydroxylation sites is 1. The number of hydrogen-bond acceptors (Lipinski definition) is 2. The van der Waals surface area contributed by atoms with Gasteiger partial charge in [-0.2, -0.15) is 0 Å². The van der Waals surface area contributed by atoms with E-state index in [9.17, 15) is 9.90 Å². The predicted molar refractivity (Wildman–Crippen MR) is 88.5 cm³/mol. The topological polar surface area (TPSA) is 46.5 Å². The van der Waals surface area contributed by atoms with Crippen molar-refractivity contribution in [3.05, 3.63) is 54.1 Å². The van der Waals surface area contributed by atoms with Crippen molar-refractivity contribution in [1.29, 1.82) is 0 Å². The number of carbonyl (C=O) groups is 1. The Labute approximate surface area is 131 Å². The number of unbranched alkanes of at least 4 members (excludes halogenated alkanes) is 3. The highest BCUT2D eigenvalue weighted by molar-refractivity contribution is 5.96. The normalized spacial score (nSPS) is 10.4. The molecule has 0 aliphatic heterocycles. The van der Waals surface area contributed by atoms with Crippen LogP contribution >= 0.6 is 0 Å². The van der Waals surface area contributed by atoms with Crippen molar-refractivity contribution in [1.82, 2.24) is 0 Å². The van der Waals surface area contributed by atoms with Gasteiger partial charge in [0.15, 0.2) is 0 Å². The zero-order valence-electron chi connectivity index (χ0n) is 12.9. The summed E-state index contributed by atoms with van der Waals surface area (Å²) in [7, 11) is 0. The number of hydrogen-bond donors (Lipinski definition) is 1. The largest absolute Gasteiger partial charge is 0.493 e. The van der Waals surface area contributed by atoms with Crippen molar-refractivity contribution in [2.75, 3.05) is 6.61 Å². The minimum absolute atomic E-state index is 0.296. The van der Waals surface area contributed by atoms with Crippen molar-refractivity contribution >= 4 is 5.97 Å².